The molecule has 15 heavy (non-hydrogen) atoms. The molecule has 2 aromatic rings. The van der Waals surface area contributed by atoms with Gasteiger partial charge in [0.15, 0.2) is 0 Å². The molecule has 0 aliphatic rings. The smallest absolute Gasteiger partial charge is 0.432 e. The quantitative estimate of drug-likeness (QED) is 0.767. The second-order valence-electron chi connectivity index (χ2n) is 3.09. The molecule has 5 nitrogen and oxygen atoms in total. The Morgan fingerprint density at radius 2 is 2.13 bits per heavy atom. The molecule has 5 heteroatoms. The van der Waals surface area contributed by atoms with Crippen LogP contribution in [0.3, 0.4) is 0 Å². The highest BCUT2D eigenvalue weighted by atomic mass is 16.4. The van der Waals surface area contributed by atoms with Gasteiger partial charge in [0, 0.05) is 11.9 Å². The zero-order chi connectivity index (χ0) is 10.8. The summed E-state index contributed by atoms with van der Waals surface area (Å²) in [5.74, 6) is 0. The zero-order valence-corrected chi connectivity index (χ0v) is 8.08. The van der Waals surface area contributed by atoms with Crippen molar-refractivity contribution in [3.63, 3.8) is 0 Å². The van der Waals surface area contributed by atoms with Crippen molar-refractivity contribution >= 4 is 6.09 Å². The van der Waals surface area contributed by atoms with Crippen molar-refractivity contribution in [3.05, 3.63) is 36.2 Å². The number of aromatic nitrogens is 3. The van der Waals surface area contributed by atoms with E-state index in [0.29, 0.717) is 11.4 Å². The highest BCUT2D eigenvalue weighted by molar-refractivity contribution is 5.68. The maximum absolute atomic E-state index is 10.6. The van der Waals surface area contributed by atoms with Crippen molar-refractivity contribution in [1.82, 2.24) is 14.8 Å². The molecule has 0 saturated heterocycles. The molecule has 76 valence electrons. The number of rotatable bonds is 1. The lowest BCUT2D eigenvalue weighted by atomic mass is 10.2. The van der Waals surface area contributed by atoms with E-state index in [0.717, 1.165) is 10.4 Å². The highest BCUT2D eigenvalue weighted by Crippen LogP contribution is 2.13. The van der Waals surface area contributed by atoms with Crippen LogP contribution in [-0.4, -0.2) is 26.0 Å². The molecule has 0 bridgehead atoms. The van der Waals surface area contributed by atoms with Crippen LogP contribution in [0.5, 0.6) is 0 Å². The number of aryl methyl sites for hydroxylation is 1. The standard InChI is InChI=1S/C10H9N3O2/c1-7-3-2-4-8(11-7)9-5-6-13(12-9)10(14)15/h2-6H,1H3,(H,14,15). The van der Waals surface area contributed by atoms with E-state index >= 15 is 0 Å². The van der Waals surface area contributed by atoms with Gasteiger partial charge in [0.25, 0.3) is 0 Å². The second kappa shape index (κ2) is 3.53. The average molecular weight is 203 g/mol. The Morgan fingerprint density at radius 1 is 1.33 bits per heavy atom. The third kappa shape index (κ3) is 1.85. The van der Waals surface area contributed by atoms with E-state index < -0.39 is 6.09 Å². The minimum atomic E-state index is -1.10. The molecular formula is C10H9N3O2. The molecule has 0 atom stereocenters. The van der Waals surface area contributed by atoms with Crippen molar-refractivity contribution in [2.24, 2.45) is 0 Å². The lowest BCUT2D eigenvalue weighted by molar-refractivity contribution is 0.192. The third-order valence-corrected chi connectivity index (χ3v) is 1.94. The number of carbonyl (C=O) groups is 1. The summed E-state index contributed by atoms with van der Waals surface area (Å²) in [6.07, 6.45) is 0.288. The fourth-order valence-electron chi connectivity index (χ4n) is 1.25. The zero-order valence-electron chi connectivity index (χ0n) is 8.08. The van der Waals surface area contributed by atoms with Crippen LogP contribution in [0.25, 0.3) is 11.4 Å². The third-order valence-electron chi connectivity index (χ3n) is 1.94. The van der Waals surface area contributed by atoms with Gasteiger partial charge in [0.1, 0.15) is 5.69 Å². The minimum absolute atomic E-state index is 0.557. The first kappa shape index (κ1) is 9.39. The van der Waals surface area contributed by atoms with Gasteiger partial charge in [-0.2, -0.15) is 9.78 Å². The Hall–Kier alpha value is -2.17. The van der Waals surface area contributed by atoms with Crippen LogP contribution < -0.4 is 0 Å². The van der Waals surface area contributed by atoms with Crippen molar-refractivity contribution in [2.75, 3.05) is 0 Å². The Bertz CT molecular complexity index is 505. The van der Waals surface area contributed by atoms with Gasteiger partial charge in [-0.25, -0.2) is 4.79 Å². The van der Waals surface area contributed by atoms with Gasteiger partial charge in [0.05, 0.1) is 5.69 Å². The van der Waals surface area contributed by atoms with Crippen LogP contribution in [-0.2, 0) is 0 Å². The van der Waals surface area contributed by atoms with E-state index in [1.807, 2.05) is 19.1 Å². The van der Waals surface area contributed by atoms with Gasteiger partial charge in [-0.15, -0.1) is 0 Å². The summed E-state index contributed by atoms with van der Waals surface area (Å²) in [6.45, 7) is 1.87. The SMILES string of the molecule is Cc1cccc(-c2ccn(C(=O)O)n2)n1. The lowest BCUT2D eigenvalue weighted by Gasteiger charge is -1.96. The lowest BCUT2D eigenvalue weighted by Crippen LogP contribution is -2.08. The van der Waals surface area contributed by atoms with Crippen LogP contribution >= 0.6 is 0 Å². The summed E-state index contributed by atoms with van der Waals surface area (Å²) in [6, 6.07) is 7.15. The number of nitrogens with zero attached hydrogens (tertiary/aromatic N) is 3. The normalized spacial score (nSPS) is 10.2. The van der Waals surface area contributed by atoms with E-state index in [-0.39, 0.29) is 0 Å². The minimum Gasteiger partial charge on any atom is -0.463 e. The predicted octanol–water partition coefficient (Wildman–Crippen LogP) is 1.78. The molecule has 0 aliphatic heterocycles. The second-order valence-corrected chi connectivity index (χ2v) is 3.09. The van der Waals surface area contributed by atoms with Crippen LogP contribution in [0.1, 0.15) is 5.69 Å². The van der Waals surface area contributed by atoms with Crippen LogP contribution in [0.4, 0.5) is 4.79 Å². The summed E-state index contributed by atoms with van der Waals surface area (Å²) < 4.78 is 0.860. The first-order chi connectivity index (χ1) is 7.16. The maximum atomic E-state index is 10.6. The fraction of sp³-hybridized carbons (Fsp3) is 0.100. The number of carboxylic acid groups (broad SMARTS) is 1. The Kier molecular flexibility index (Phi) is 2.21. The van der Waals surface area contributed by atoms with Gasteiger partial charge < -0.3 is 5.11 Å². The highest BCUT2D eigenvalue weighted by Gasteiger charge is 2.06. The van der Waals surface area contributed by atoms with Crippen molar-refractivity contribution in [2.45, 2.75) is 6.92 Å². The molecule has 2 heterocycles. The Morgan fingerprint density at radius 3 is 2.73 bits per heavy atom. The van der Waals surface area contributed by atoms with Crippen LogP contribution in [0.2, 0.25) is 0 Å². The van der Waals surface area contributed by atoms with Gasteiger partial charge >= 0.3 is 6.09 Å². The van der Waals surface area contributed by atoms with Gasteiger partial charge in [0.2, 0.25) is 0 Å². The number of pyridine rings is 1. The molecular weight excluding hydrogens is 194 g/mol. The summed E-state index contributed by atoms with van der Waals surface area (Å²) in [4.78, 5) is 14.8. The molecule has 1 N–H and O–H groups in total. The molecule has 0 radical (unpaired) electrons. The molecule has 0 saturated carbocycles. The van der Waals surface area contributed by atoms with Crippen molar-refractivity contribution in [3.8, 4) is 11.4 Å². The Labute approximate surface area is 86.0 Å². The molecule has 0 fully saturated rings. The predicted molar refractivity (Wildman–Crippen MR) is 53.6 cm³/mol. The maximum Gasteiger partial charge on any atom is 0.432 e. The molecule has 2 rings (SSSR count). The first-order valence-electron chi connectivity index (χ1n) is 4.40. The molecule has 0 amide bonds. The van der Waals surface area contributed by atoms with Gasteiger partial charge in [-0.05, 0) is 25.1 Å². The van der Waals surface area contributed by atoms with Crippen molar-refractivity contribution < 1.29 is 9.90 Å². The topological polar surface area (TPSA) is 68.0 Å². The summed E-state index contributed by atoms with van der Waals surface area (Å²) >= 11 is 0. The van der Waals surface area contributed by atoms with E-state index in [1.165, 1.54) is 6.20 Å². The van der Waals surface area contributed by atoms with E-state index in [1.54, 1.807) is 12.1 Å². The van der Waals surface area contributed by atoms with E-state index in [4.69, 9.17) is 5.11 Å². The first-order valence-corrected chi connectivity index (χ1v) is 4.40. The molecule has 0 aliphatic carbocycles. The monoisotopic (exact) mass is 203 g/mol. The molecule has 0 unspecified atom stereocenters. The van der Waals surface area contributed by atoms with E-state index in [9.17, 15) is 4.79 Å². The molecule has 2 aromatic heterocycles. The van der Waals surface area contributed by atoms with Crippen LogP contribution in [0, 0.1) is 6.92 Å². The summed E-state index contributed by atoms with van der Waals surface area (Å²) in [5, 5.41) is 12.6. The van der Waals surface area contributed by atoms with Gasteiger partial charge in [-0.3, -0.25) is 4.98 Å². The molecule has 0 aromatic carbocycles. The number of hydrogen-bond donors (Lipinski definition) is 1. The Balaban J connectivity index is 2.41. The molecule has 0 spiro atoms. The average Bonchev–Trinajstić information content (AvgIpc) is 2.66. The summed E-state index contributed by atoms with van der Waals surface area (Å²) in [5.41, 5.74) is 2.11. The van der Waals surface area contributed by atoms with E-state index in [2.05, 4.69) is 10.1 Å². The summed E-state index contributed by atoms with van der Waals surface area (Å²) in [7, 11) is 0. The van der Waals surface area contributed by atoms with Crippen molar-refractivity contribution in [1.29, 1.82) is 0 Å². The largest absolute Gasteiger partial charge is 0.463 e. The fourth-order valence-corrected chi connectivity index (χ4v) is 1.25. The van der Waals surface area contributed by atoms with Crippen LogP contribution in [0.15, 0.2) is 30.5 Å². The number of hydrogen-bond acceptors (Lipinski definition) is 3. The van der Waals surface area contributed by atoms with Gasteiger partial charge in [-0.1, -0.05) is 6.07 Å².